The Morgan fingerprint density at radius 2 is 1.76 bits per heavy atom. The fourth-order valence-electron chi connectivity index (χ4n) is 2.32. The van der Waals surface area contributed by atoms with E-state index < -0.39 is 5.97 Å². The summed E-state index contributed by atoms with van der Waals surface area (Å²) in [5.41, 5.74) is 2.67. The van der Waals surface area contributed by atoms with Gasteiger partial charge in [-0.1, -0.05) is 47.5 Å². The van der Waals surface area contributed by atoms with Crippen LogP contribution in [0.15, 0.2) is 48.5 Å². The lowest BCUT2D eigenvalue weighted by Crippen LogP contribution is -2.37. The van der Waals surface area contributed by atoms with E-state index in [0.29, 0.717) is 17.3 Å². The number of esters is 1. The molecular formula is C19H21ClN2O3. The van der Waals surface area contributed by atoms with Crippen LogP contribution in [0.1, 0.15) is 11.1 Å². The van der Waals surface area contributed by atoms with E-state index in [-0.39, 0.29) is 19.0 Å². The molecule has 0 unspecified atom stereocenters. The van der Waals surface area contributed by atoms with Crippen LogP contribution in [0.3, 0.4) is 0 Å². The molecule has 2 rings (SSSR count). The Balaban J connectivity index is 2.04. The normalized spacial score (nSPS) is 10.6. The molecule has 0 radical (unpaired) electrons. The van der Waals surface area contributed by atoms with Gasteiger partial charge in [0.1, 0.15) is 0 Å². The second-order valence-electron chi connectivity index (χ2n) is 5.73. The Labute approximate surface area is 152 Å². The molecular weight excluding hydrogens is 340 g/mol. The number of rotatable bonds is 7. The minimum atomic E-state index is -0.407. The van der Waals surface area contributed by atoms with E-state index in [1.165, 1.54) is 7.11 Å². The van der Waals surface area contributed by atoms with Crippen molar-refractivity contribution in [1.29, 1.82) is 0 Å². The second kappa shape index (κ2) is 9.20. The number of hydrogen-bond donors (Lipinski definition) is 1. The molecule has 2 aromatic carbocycles. The molecule has 6 heteroatoms. The smallest absolute Gasteiger partial charge is 0.319 e. The molecule has 0 atom stereocenters. The van der Waals surface area contributed by atoms with Gasteiger partial charge in [-0.2, -0.15) is 0 Å². The fraction of sp³-hybridized carbons (Fsp3) is 0.263. The molecule has 0 aliphatic heterocycles. The SMILES string of the molecule is COC(=O)CN(CC(=O)Nc1ccc(C)cc1)Cc1ccccc1Cl. The van der Waals surface area contributed by atoms with Crippen LogP contribution in [0.2, 0.25) is 5.02 Å². The molecule has 0 aliphatic rings. The predicted octanol–water partition coefficient (Wildman–Crippen LogP) is 3.26. The van der Waals surface area contributed by atoms with Gasteiger partial charge in [-0.05, 0) is 30.7 Å². The quantitative estimate of drug-likeness (QED) is 0.770. The highest BCUT2D eigenvalue weighted by atomic mass is 35.5. The molecule has 1 amide bonds. The first-order valence-corrected chi connectivity index (χ1v) is 8.25. The molecule has 0 aliphatic carbocycles. The van der Waals surface area contributed by atoms with E-state index in [9.17, 15) is 9.59 Å². The third kappa shape index (κ3) is 6.21. The Bertz CT molecular complexity index is 732. The van der Waals surface area contributed by atoms with Crippen molar-refractivity contribution in [3.05, 3.63) is 64.7 Å². The molecule has 0 spiro atoms. The third-order valence-corrected chi connectivity index (χ3v) is 4.00. The maximum Gasteiger partial charge on any atom is 0.319 e. The minimum Gasteiger partial charge on any atom is -0.468 e. The van der Waals surface area contributed by atoms with E-state index >= 15 is 0 Å². The van der Waals surface area contributed by atoms with E-state index in [2.05, 4.69) is 5.32 Å². The Morgan fingerprint density at radius 3 is 2.40 bits per heavy atom. The summed E-state index contributed by atoms with van der Waals surface area (Å²) in [5, 5.41) is 3.42. The van der Waals surface area contributed by atoms with Crippen LogP contribution in [0.5, 0.6) is 0 Å². The number of hydrogen-bond acceptors (Lipinski definition) is 4. The third-order valence-electron chi connectivity index (χ3n) is 3.63. The van der Waals surface area contributed by atoms with Crippen LogP contribution in [0.25, 0.3) is 0 Å². The Kier molecular flexibility index (Phi) is 6.98. The van der Waals surface area contributed by atoms with Gasteiger partial charge in [-0.25, -0.2) is 0 Å². The summed E-state index contributed by atoms with van der Waals surface area (Å²) in [5.74, 6) is -0.616. The molecule has 132 valence electrons. The minimum absolute atomic E-state index is 0.00302. The molecule has 0 heterocycles. The van der Waals surface area contributed by atoms with Gasteiger partial charge in [0.25, 0.3) is 0 Å². The van der Waals surface area contributed by atoms with Crippen molar-refractivity contribution in [1.82, 2.24) is 4.90 Å². The molecule has 0 fully saturated rings. The van der Waals surface area contributed by atoms with Gasteiger partial charge in [0.15, 0.2) is 0 Å². The number of carbonyl (C=O) groups excluding carboxylic acids is 2. The number of aryl methyl sites for hydroxylation is 1. The number of nitrogens with zero attached hydrogens (tertiary/aromatic N) is 1. The number of anilines is 1. The average Bonchev–Trinajstić information content (AvgIpc) is 2.58. The Hall–Kier alpha value is -2.37. The molecule has 5 nitrogen and oxygen atoms in total. The summed E-state index contributed by atoms with van der Waals surface area (Å²) in [6.07, 6.45) is 0. The van der Waals surface area contributed by atoms with Gasteiger partial charge in [0.2, 0.25) is 5.91 Å². The zero-order valence-electron chi connectivity index (χ0n) is 14.3. The summed E-state index contributed by atoms with van der Waals surface area (Å²) in [7, 11) is 1.32. The predicted molar refractivity (Wildman–Crippen MR) is 98.6 cm³/mol. The van der Waals surface area contributed by atoms with Crippen molar-refractivity contribution in [2.45, 2.75) is 13.5 Å². The Morgan fingerprint density at radius 1 is 1.08 bits per heavy atom. The lowest BCUT2D eigenvalue weighted by Gasteiger charge is -2.21. The van der Waals surface area contributed by atoms with Crippen LogP contribution in [-0.4, -0.2) is 37.0 Å². The van der Waals surface area contributed by atoms with Crippen molar-refractivity contribution in [2.75, 3.05) is 25.5 Å². The fourth-order valence-corrected chi connectivity index (χ4v) is 2.52. The van der Waals surface area contributed by atoms with Gasteiger partial charge in [0, 0.05) is 17.3 Å². The number of amides is 1. The topological polar surface area (TPSA) is 58.6 Å². The standard InChI is InChI=1S/C19H21ClN2O3/c1-14-7-9-16(10-8-14)21-18(23)12-22(13-19(24)25-2)11-15-5-3-4-6-17(15)20/h3-10H,11-13H2,1-2H3,(H,21,23). The van der Waals surface area contributed by atoms with Crippen LogP contribution in [-0.2, 0) is 20.9 Å². The summed E-state index contributed by atoms with van der Waals surface area (Å²) in [6.45, 7) is 2.40. The van der Waals surface area contributed by atoms with Gasteiger partial charge >= 0.3 is 5.97 Å². The first-order valence-electron chi connectivity index (χ1n) is 7.87. The number of methoxy groups -OCH3 is 1. The number of nitrogens with one attached hydrogen (secondary N) is 1. The zero-order valence-corrected chi connectivity index (χ0v) is 15.0. The molecule has 25 heavy (non-hydrogen) atoms. The summed E-state index contributed by atoms with van der Waals surface area (Å²) >= 11 is 6.18. The first kappa shape index (κ1) is 19.0. The van der Waals surface area contributed by atoms with Gasteiger partial charge in [-0.3, -0.25) is 14.5 Å². The van der Waals surface area contributed by atoms with Crippen LogP contribution in [0.4, 0.5) is 5.69 Å². The lowest BCUT2D eigenvalue weighted by atomic mass is 10.2. The average molecular weight is 361 g/mol. The van der Waals surface area contributed by atoms with Crippen molar-refractivity contribution >= 4 is 29.2 Å². The van der Waals surface area contributed by atoms with Crippen molar-refractivity contribution < 1.29 is 14.3 Å². The van der Waals surface area contributed by atoms with Crippen LogP contribution in [0, 0.1) is 6.92 Å². The van der Waals surface area contributed by atoms with E-state index in [1.807, 2.05) is 49.4 Å². The first-order chi connectivity index (χ1) is 12.0. The molecule has 0 aromatic heterocycles. The monoisotopic (exact) mass is 360 g/mol. The van der Waals surface area contributed by atoms with E-state index in [4.69, 9.17) is 16.3 Å². The largest absolute Gasteiger partial charge is 0.468 e. The highest BCUT2D eigenvalue weighted by molar-refractivity contribution is 6.31. The van der Waals surface area contributed by atoms with Gasteiger partial charge < -0.3 is 10.1 Å². The van der Waals surface area contributed by atoms with Crippen molar-refractivity contribution in [2.24, 2.45) is 0 Å². The summed E-state index contributed by atoms with van der Waals surface area (Å²) in [6, 6.07) is 14.9. The number of ether oxygens (including phenoxy) is 1. The van der Waals surface area contributed by atoms with Crippen molar-refractivity contribution in [3.8, 4) is 0 Å². The summed E-state index contributed by atoms with van der Waals surface area (Å²) < 4.78 is 4.72. The van der Waals surface area contributed by atoms with E-state index in [1.54, 1.807) is 11.0 Å². The second-order valence-corrected chi connectivity index (χ2v) is 6.13. The molecule has 0 saturated heterocycles. The zero-order chi connectivity index (χ0) is 18.2. The highest BCUT2D eigenvalue weighted by Gasteiger charge is 2.16. The maximum absolute atomic E-state index is 12.3. The number of carbonyl (C=O) groups is 2. The summed E-state index contributed by atoms with van der Waals surface area (Å²) in [4.78, 5) is 25.7. The molecule has 1 N–H and O–H groups in total. The van der Waals surface area contributed by atoms with Gasteiger partial charge in [-0.15, -0.1) is 0 Å². The molecule has 0 bridgehead atoms. The van der Waals surface area contributed by atoms with Crippen molar-refractivity contribution in [3.63, 3.8) is 0 Å². The highest BCUT2D eigenvalue weighted by Crippen LogP contribution is 2.17. The number of benzene rings is 2. The van der Waals surface area contributed by atoms with Crippen LogP contribution >= 0.6 is 11.6 Å². The maximum atomic E-state index is 12.3. The number of halogens is 1. The lowest BCUT2D eigenvalue weighted by molar-refractivity contribution is -0.142. The van der Waals surface area contributed by atoms with Crippen LogP contribution < -0.4 is 5.32 Å². The van der Waals surface area contributed by atoms with E-state index in [0.717, 1.165) is 11.1 Å². The molecule has 0 saturated carbocycles. The van der Waals surface area contributed by atoms with Gasteiger partial charge in [0.05, 0.1) is 20.2 Å². The molecule has 2 aromatic rings.